The minimum absolute atomic E-state index is 0.0424. The van der Waals surface area contributed by atoms with E-state index in [2.05, 4.69) is 46.4 Å². The van der Waals surface area contributed by atoms with Gasteiger partial charge in [0, 0.05) is 61.1 Å². The van der Waals surface area contributed by atoms with Crippen LogP contribution in [0.2, 0.25) is 5.02 Å². The molecule has 0 bridgehead atoms. The van der Waals surface area contributed by atoms with Crippen molar-refractivity contribution >= 4 is 34.8 Å². The Hall–Kier alpha value is -3.69. The van der Waals surface area contributed by atoms with Gasteiger partial charge in [0.25, 0.3) is 0 Å². The van der Waals surface area contributed by atoms with Crippen LogP contribution in [0.5, 0.6) is 0 Å². The third-order valence-electron chi connectivity index (χ3n) is 8.66. The van der Waals surface area contributed by atoms with Gasteiger partial charge in [-0.1, -0.05) is 35.9 Å². The highest BCUT2D eigenvalue weighted by molar-refractivity contribution is 6.31. The molecule has 0 radical (unpaired) electrons. The van der Waals surface area contributed by atoms with E-state index in [9.17, 15) is 9.59 Å². The molecule has 0 unspecified atom stereocenters. The summed E-state index contributed by atoms with van der Waals surface area (Å²) in [5, 5.41) is 12.1. The first kappa shape index (κ1) is 28.4. The summed E-state index contributed by atoms with van der Waals surface area (Å²) in [4.78, 5) is 32.2. The molecule has 0 aliphatic carbocycles. The number of nitrogens with zero attached hydrogens (tertiary/aromatic N) is 5. The molecule has 3 aromatic rings. The number of piperidine rings is 1. The number of rotatable bonds is 6. The molecule has 1 saturated heterocycles. The van der Waals surface area contributed by atoms with Crippen molar-refractivity contribution in [1.82, 2.24) is 24.9 Å². The number of urea groups is 1. The largest absolute Gasteiger partial charge is 0.420 e. The zero-order valence-corrected chi connectivity index (χ0v) is 24.9. The zero-order chi connectivity index (χ0) is 29.2. The Morgan fingerprint density at radius 2 is 1.83 bits per heavy atom. The van der Waals surface area contributed by atoms with Crippen molar-refractivity contribution in [1.29, 1.82) is 0 Å². The molecule has 4 heterocycles. The molecule has 3 aliphatic heterocycles. The molecule has 2 aromatic carbocycles. The molecule has 1 aromatic heterocycles. The molecule has 1 fully saturated rings. The number of para-hydroxylation sites is 1. The Morgan fingerprint density at radius 3 is 2.60 bits per heavy atom. The lowest BCUT2D eigenvalue weighted by Crippen LogP contribution is -2.50. The number of aromatic nitrogens is 2. The van der Waals surface area contributed by atoms with Gasteiger partial charge < -0.3 is 19.5 Å². The maximum atomic E-state index is 13.1. The number of carbonyl (C=O) groups excluding carboxylic acids is 2. The second kappa shape index (κ2) is 12.3. The molecule has 42 heavy (non-hydrogen) atoms. The highest BCUT2D eigenvalue weighted by Crippen LogP contribution is 2.31. The minimum Gasteiger partial charge on any atom is -0.420 e. The smallest absolute Gasteiger partial charge is 0.322 e. The molecular weight excluding hydrogens is 552 g/mol. The van der Waals surface area contributed by atoms with Crippen LogP contribution in [-0.4, -0.2) is 81.6 Å². The van der Waals surface area contributed by atoms with E-state index in [4.69, 9.17) is 16.0 Å². The van der Waals surface area contributed by atoms with E-state index in [1.165, 1.54) is 5.57 Å². The lowest BCUT2D eigenvalue weighted by molar-refractivity contribution is -0.132. The fraction of sp³-hybridized carbons (Fsp3) is 0.438. The van der Waals surface area contributed by atoms with Gasteiger partial charge in [0.15, 0.2) is 0 Å². The SMILES string of the molecule is CC(C)N1CC=C(c2cc(Cl)cc(-c3nnc(CC(=O)N4CCC(N5CCc6ccccc6NC5=O)CC4)o3)c2)CC1. The molecule has 6 rings (SSSR count). The van der Waals surface area contributed by atoms with E-state index in [0.29, 0.717) is 36.6 Å². The van der Waals surface area contributed by atoms with Gasteiger partial charge in [-0.05, 0) is 80.5 Å². The number of hydrogen-bond acceptors (Lipinski definition) is 6. The summed E-state index contributed by atoms with van der Waals surface area (Å²) in [6.07, 6.45) is 5.55. The molecule has 0 spiro atoms. The quantitative estimate of drug-likeness (QED) is 0.408. The molecule has 0 saturated carbocycles. The number of halogens is 1. The standard InChI is InChI=1S/C32H37ClN6O3/c1-21(2)37-12-7-22(8-13-37)24-17-25(19-26(33)18-24)31-36-35-29(42-31)20-30(40)38-14-10-27(11-15-38)39-16-9-23-5-3-4-6-28(23)34-32(39)41/h3-7,17-19,21,27H,8-16,20H2,1-2H3,(H,34,41). The van der Waals surface area contributed by atoms with Crippen molar-refractivity contribution in [2.45, 2.75) is 58.0 Å². The summed E-state index contributed by atoms with van der Waals surface area (Å²) < 4.78 is 5.93. The van der Waals surface area contributed by atoms with E-state index in [1.807, 2.05) is 46.2 Å². The van der Waals surface area contributed by atoms with Gasteiger partial charge in [0.2, 0.25) is 17.7 Å². The molecule has 0 atom stereocenters. The summed E-state index contributed by atoms with van der Waals surface area (Å²) in [6, 6.07) is 14.3. The number of carbonyl (C=O) groups is 2. The maximum Gasteiger partial charge on any atom is 0.322 e. The number of likely N-dealkylation sites (tertiary alicyclic amines) is 1. The van der Waals surface area contributed by atoms with Gasteiger partial charge in [-0.25, -0.2) is 4.79 Å². The normalized spacial score (nSPS) is 18.5. The molecular formula is C32H37ClN6O3. The highest BCUT2D eigenvalue weighted by Gasteiger charge is 2.31. The number of benzene rings is 2. The van der Waals surface area contributed by atoms with E-state index < -0.39 is 0 Å². The van der Waals surface area contributed by atoms with Crippen LogP contribution in [0, 0.1) is 0 Å². The number of amides is 3. The Morgan fingerprint density at radius 1 is 1.05 bits per heavy atom. The maximum absolute atomic E-state index is 13.1. The summed E-state index contributed by atoms with van der Waals surface area (Å²) in [5.41, 5.74) is 5.10. The molecule has 3 amide bonds. The van der Waals surface area contributed by atoms with Crippen molar-refractivity contribution in [2.24, 2.45) is 0 Å². The molecule has 1 N–H and O–H groups in total. The van der Waals surface area contributed by atoms with Crippen molar-refractivity contribution in [3.63, 3.8) is 0 Å². The van der Waals surface area contributed by atoms with E-state index >= 15 is 0 Å². The molecule has 220 valence electrons. The monoisotopic (exact) mass is 588 g/mol. The minimum atomic E-state index is -0.0652. The second-order valence-electron chi connectivity index (χ2n) is 11.6. The zero-order valence-electron chi connectivity index (χ0n) is 24.2. The van der Waals surface area contributed by atoms with Gasteiger partial charge in [0.1, 0.15) is 6.42 Å². The van der Waals surface area contributed by atoms with Crippen molar-refractivity contribution in [2.75, 3.05) is 38.0 Å². The van der Waals surface area contributed by atoms with Crippen LogP contribution in [0.3, 0.4) is 0 Å². The second-order valence-corrected chi connectivity index (χ2v) is 12.1. The third kappa shape index (κ3) is 6.22. The Bertz CT molecular complexity index is 1490. The van der Waals surface area contributed by atoms with Crippen LogP contribution < -0.4 is 5.32 Å². The van der Waals surface area contributed by atoms with Crippen molar-refractivity contribution in [3.8, 4) is 11.5 Å². The molecule has 3 aliphatic rings. The first-order valence-corrected chi connectivity index (χ1v) is 15.2. The van der Waals surface area contributed by atoms with E-state index in [-0.39, 0.29) is 30.3 Å². The van der Waals surface area contributed by atoms with E-state index in [0.717, 1.165) is 61.2 Å². The van der Waals surface area contributed by atoms with Gasteiger partial charge in [-0.3, -0.25) is 9.69 Å². The molecule has 9 nitrogen and oxygen atoms in total. The first-order valence-electron chi connectivity index (χ1n) is 14.8. The van der Waals surface area contributed by atoms with Crippen LogP contribution in [-0.2, 0) is 17.6 Å². The van der Waals surface area contributed by atoms with Crippen molar-refractivity contribution < 1.29 is 14.0 Å². The fourth-order valence-corrected chi connectivity index (χ4v) is 6.40. The fourth-order valence-electron chi connectivity index (χ4n) is 6.16. The number of fused-ring (bicyclic) bond motifs is 1. The predicted octanol–water partition coefficient (Wildman–Crippen LogP) is 5.51. The number of anilines is 1. The van der Waals surface area contributed by atoms with Crippen LogP contribution in [0.25, 0.3) is 17.0 Å². The third-order valence-corrected chi connectivity index (χ3v) is 8.87. The summed E-state index contributed by atoms with van der Waals surface area (Å²) in [6.45, 7) is 8.20. The topological polar surface area (TPSA) is 94.8 Å². The summed E-state index contributed by atoms with van der Waals surface area (Å²) >= 11 is 6.48. The van der Waals surface area contributed by atoms with Crippen LogP contribution in [0.15, 0.2) is 53.0 Å². The van der Waals surface area contributed by atoms with Crippen LogP contribution in [0.4, 0.5) is 10.5 Å². The van der Waals surface area contributed by atoms with Gasteiger partial charge in [-0.2, -0.15) is 0 Å². The first-order chi connectivity index (χ1) is 20.3. The average Bonchev–Trinajstić information content (AvgIpc) is 3.39. The number of nitrogens with one attached hydrogen (secondary N) is 1. The van der Waals surface area contributed by atoms with Crippen molar-refractivity contribution in [3.05, 3.63) is 70.6 Å². The average molecular weight is 589 g/mol. The van der Waals surface area contributed by atoms with Crippen LogP contribution in [0.1, 0.15) is 50.1 Å². The Labute approximate surface area is 251 Å². The highest BCUT2D eigenvalue weighted by atomic mass is 35.5. The molecule has 10 heteroatoms. The van der Waals surface area contributed by atoms with Gasteiger partial charge in [0.05, 0.1) is 0 Å². The van der Waals surface area contributed by atoms with E-state index in [1.54, 1.807) is 0 Å². The van der Waals surface area contributed by atoms with Gasteiger partial charge >= 0.3 is 6.03 Å². The predicted molar refractivity (Wildman–Crippen MR) is 163 cm³/mol. The van der Waals surface area contributed by atoms with Crippen LogP contribution >= 0.6 is 11.6 Å². The lowest BCUT2D eigenvalue weighted by Gasteiger charge is -2.37. The lowest BCUT2D eigenvalue weighted by atomic mass is 9.97. The van der Waals surface area contributed by atoms with Gasteiger partial charge in [-0.15, -0.1) is 10.2 Å². The number of hydrogen-bond donors (Lipinski definition) is 1. The Kier molecular flexibility index (Phi) is 8.31. The Balaban J connectivity index is 1.05. The summed E-state index contributed by atoms with van der Waals surface area (Å²) in [5.74, 6) is 0.589. The summed E-state index contributed by atoms with van der Waals surface area (Å²) in [7, 11) is 0.